The average Bonchev–Trinajstić information content (AvgIpc) is 2.95. The van der Waals surface area contributed by atoms with Crippen LogP contribution in [0.1, 0.15) is 29.6 Å². The summed E-state index contributed by atoms with van der Waals surface area (Å²) in [5, 5.41) is 8.72. The molecule has 0 spiro atoms. The van der Waals surface area contributed by atoms with Crippen LogP contribution in [0.25, 0.3) is 11.0 Å². The number of imidazole rings is 1. The van der Waals surface area contributed by atoms with E-state index in [0.29, 0.717) is 17.9 Å². The molecule has 0 saturated carbocycles. The van der Waals surface area contributed by atoms with Crippen LogP contribution in [0.3, 0.4) is 0 Å². The summed E-state index contributed by atoms with van der Waals surface area (Å²) in [4.78, 5) is 15.2. The Kier molecular flexibility index (Phi) is 5.27. The fourth-order valence-corrected chi connectivity index (χ4v) is 4.03. The van der Waals surface area contributed by atoms with Gasteiger partial charge in [-0.2, -0.15) is 0 Å². The zero-order valence-corrected chi connectivity index (χ0v) is 16.8. The number of halogens is 1. The Morgan fingerprint density at radius 2 is 1.56 bits per heavy atom. The van der Waals surface area contributed by atoms with E-state index in [0.717, 1.165) is 28.6 Å². The Bertz CT molecular complexity index is 1010. The van der Waals surface area contributed by atoms with Crippen molar-refractivity contribution in [2.24, 2.45) is 0 Å². The molecule has 140 valence electrons. The van der Waals surface area contributed by atoms with Crippen molar-refractivity contribution >= 4 is 32.7 Å². The number of rotatable bonds is 5. The lowest BCUT2D eigenvalue weighted by Gasteiger charge is -2.26. The summed E-state index contributed by atoms with van der Waals surface area (Å²) in [7, 11) is 0. The molecule has 0 atom stereocenters. The number of hydrogen-bond acceptors (Lipinski definition) is 3. The largest absolute Gasteiger partial charge is 0.303 e. The maximum Gasteiger partial charge on any atom is 0.204 e. The quantitative estimate of drug-likeness (QED) is 0.626. The van der Waals surface area contributed by atoms with Gasteiger partial charge in [0, 0.05) is 10.0 Å². The number of benzene rings is 2. The molecule has 0 amide bonds. The zero-order chi connectivity index (χ0) is 18.8. The van der Waals surface area contributed by atoms with E-state index in [4.69, 9.17) is 5.41 Å². The molecule has 3 aromatic rings. The smallest absolute Gasteiger partial charge is 0.204 e. The van der Waals surface area contributed by atoms with Crippen LogP contribution in [0.5, 0.6) is 0 Å². The van der Waals surface area contributed by atoms with Gasteiger partial charge < -0.3 is 4.57 Å². The molecule has 1 saturated heterocycles. The van der Waals surface area contributed by atoms with Gasteiger partial charge in [0.25, 0.3) is 0 Å². The third-order valence-corrected chi connectivity index (χ3v) is 5.76. The maximum atomic E-state index is 12.8. The number of fused-ring (bicyclic) bond motifs is 1. The van der Waals surface area contributed by atoms with E-state index in [-0.39, 0.29) is 12.3 Å². The van der Waals surface area contributed by atoms with Crippen LogP contribution >= 0.6 is 15.9 Å². The fourth-order valence-electron chi connectivity index (χ4n) is 3.77. The van der Waals surface area contributed by atoms with Crippen molar-refractivity contribution < 1.29 is 4.79 Å². The van der Waals surface area contributed by atoms with Gasteiger partial charge in [0.2, 0.25) is 5.62 Å². The minimum absolute atomic E-state index is 0.0156. The molecule has 1 N–H and O–H groups in total. The van der Waals surface area contributed by atoms with Crippen molar-refractivity contribution in [1.82, 2.24) is 14.0 Å². The van der Waals surface area contributed by atoms with E-state index in [1.54, 1.807) is 0 Å². The highest BCUT2D eigenvalue weighted by Gasteiger charge is 2.17. The van der Waals surface area contributed by atoms with Gasteiger partial charge in [-0.1, -0.05) is 46.6 Å². The number of likely N-dealkylation sites (tertiary alicyclic amines) is 1. The highest BCUT2D eigenvalue weighted by molar-refractivity contribution is 9.10. The monoisotopic (exact) mass is 426 g/mol. The predicted molar refractivity (Wildman–Crippen MR) is 110 cm³/mol. The second-order valence-corrected chi connectivity index (χ2v) is 7.99. The van der Waals surface area contributed by atoms with E-state index in [1.807, 2.05) is 57.7 Å². The maximum absolute atomic E-state index is 12.8. The average molecular weight is 427 g/mol. The molecule has 1 aromatic heterocycles. The first-order valence-corrected chi connectivity index (χ1v) is 10.2. The summed E-state index contributed by atoms with van der Waals surface area (Å²) in [6, 6.07) is 15.4. The summed E-state index contributed by atoms with van der Waals surface area (Å²) in [6.45, 7) is 3.03. The van der Waals surface area contributed by atoms with Crippen LogP contribution in [-0.4, -0.2) is 32.9 Å². The lowest BCUT2D eigenvalue weighted by Crippen LogP contribution is -2.36. The Hall–Kier alpha value is -2.18. The number of nitrogens with one attached hydrogen (secondary N) is 1. The van der Waals surface area contributed by atoms with Gasteiger partial charge in [-0.15, -0.1) is 0 Å². The molecule has 0 unspecified atom stereocenters. The minimum atomic E-state index is 0.0156. The summed E-state index contributed by atoms with van der Waals surface area (Å²) in [5.74, 6) is 0.0156. The molecule has 4 rings (SSSR count). The number of carbonyl (C=O) groups excluding carboxylic acids is 1. The Morgan fingerprint density at radius 3 is 2.22 bits per heavy atom. The number of nitrogens with zero attached hydrogens (tertiary/aromatic N) is 3. The molecular formula is C21H23BrN4O. The first-order chi connectivity index (χ1) is 13.1. The second-order valence-electron chi connectivity index (χ2n) is 7.08. The zero-order valence-electron chi connectivity index (χ0n) is 15.2. The first kappa shape index (κ1) is 18.2. The summed E-state index contributed by atoms with van der Waals surface area (Å²) < 4.78 is 4.80. The van der Waals surface area contributed by atoms with Crippen molar-refractivity contribution in [1.29, 1.82) is 5.41 Å². The third-order valence-electron chi connectivity index (χ3n) is 5.23. The van der Waals surface area contributed by atoms with Crippen LogP contribution < -0.4 is 5.62 Å². The van der Waals surface area contributed by atoms with Crippen LogP contribution in [0.2, 0.25) is 0 Å². The number of aromatic nitrogens is 2. The van der Waals surface area contributed by atoms with Gasteiger partial charge in [-0.3, -0.25) is 19.7 Å². The standard InChI is InChI=1S/C21H23BrN4O/c22-17-10-8-16(9-11-17)20(27)14-25-18-6-2-3-7-19(18)26(21(25)23)15-24-12-4-1-5-13-24/h2-3,6-11,23H,1,4-5,12-15H2. The normalized spacial score (nSPS) is 15.3. The van der Waals surface area contributed by atoms with Crippen molar-refractivity contribution in [3.63, 3.8) is 0 Å². The molecule has 1 fully saturated rings. The number of hydrogen-bond donors (Lipinski definition) is 1. The molecular weight excluding hydrogens is 404 g/mol. The first-order valence-electron chi connectivity index (χ1n) is 9.37. The van der Waals surface area contributed by atoms with Gasteiger partial charge in [-0.25, -0.2) is 0 Å². The highest BCUT2D eigenvalue weighted by atomic mass is 79.9. The van der Waals surface area contributed by atoms with Gasteiger partial charge in [0.15, 0.2) is 5.78 Å². The lowest BCUT2D eigenvalue weighted by atomic mass is 10.1. The predicted octanol–water partition coefficient (Wildman–Crippen LogP) is 4.01. The third kappa shape index (κ3) is 3.77. The Morgan fingerprint density at radius 1 is 0.926 bits per heavy atom. The summed E-state index contributed by atoms with van der Waals surface area (Å²) >= 11 is 3.40. The molecule has 27 heavy (non-hydrogen) atoms. The number of Topliss-reactive ketones (excluding diaryl/α,β-unsaturated/α-hetero) is 1. The summed E-state index contributed by atoms with van der Waals surface area (Å²) in [5.41, 5.74) is 2.99. The number of carbonyl (C=O) groups is 1. The van der Waals surface area contributed by atoms with E-state index in [9.17, 15) is 4.79 Å². The number of piperidine rings is 1. The number of ketones is 1. The van der Waals surface area contributed by atoms with Crippen molar-refractivity contribution in [2.75, 3.05) is 13.1 Å². The van der Waals surface area contributed by atoms with Gasteiger partial charge in [0.05, 0.1) is 24.2 Å². The molecule has 5 nitrogen and oxygen atoms in total. The van der Waals surface area contributed by atoms with Crippen LogP contribution in [0.15, 0.2) is 53.0 Å². The second kappa shape index (κ2) is 7.82. The molecule has 0 aliphatic carbocycles. The topological polar surface area (TPSA) is 54.0 Å². The van der Waals surface area contributed by atoms with Crippen LogP contribution in [0, 0.1) is 5.41 Å². The molecule has 1 aliphatic heterocycles. The Balaban J connectivity index is 1.68. The molecule has 2 aromatic carbocycles. The number of para-hydroxylation sites is 2. The SMILES string of the molecule is N=c1n(CC(=O)c2ccc(Br)cc2)c2ccccc2n1CN1CCCCC1. The van der Waals surface area contributed by atoms with E-state index < -0.39 is 0 Å². The van der Waals surface area contributed by atoms with Crippen molar-refractivity contribution in [3.8, 4) is 0 Å². The Labute approximate surface area is 166 Å². The molecule has 1 aliphatic rings. The lowest BCUT2D eigenvalue weighted by molar-refractivity contribution is 0.0970. The summed E-state index contributed by atoms with van der Waals surface area (Å²) in [6.07, 6.45) is 3.72. The minimum Gasteiger partial charge on any atom is -0.303 e. The molecule has 2 heterocycles. The van der Waals surface area contributed by atoms with E-state index >= 15 is 0 Å². The van der Waals surface area contributed by atoms with Crippen molar-refractivity contribution in [2.45, 2.75) is 32.5 Å². The van der Waals surface area contributed by atoms with E-state index in [1.165, 1.54) is 19.3 Å². The van der Waals surface area contributed by atoms with Crippen molar-refractivity contribution in [3.05, 3.63) is 64.2 Å². The fraction of sp³-hybridized carbons (Fsp3) is 0.333. The molecule has 0 radical (unpaired) electrons. The highest BCUT2D eigenvalue weighted by Crippen LogP contribution is 2.17. The van der Waals surface area contributed by atoms with Crippen LogP contribution in [0.4, 0.5) is 0 Å². The van der Waals surface area contributed by atoms with Gasteiger partial charge in [0.1, 0.15) is 0 Å². The van der Waals surface area contributed by atoms with Crippen LogP contribution in [-0.2, 0) is 13.2 Å². The van der Waals surface area contributed by atoms with Gasteiger partial charge >= 0.3 is 0 Å². The van der Waals surface area contributed by atoms with E-state index in [2.05, 4.69) is 20.8 Å². The van der Waals surface area contributed by atoms with Gasteiger partial charge in [-0.05, 0) is 50.2 Å². The molecule has 0 bridgehead atoms. The molecule has 6 heteroatoms.